The average molecular weight is 762 g/mol. The molecule has 0 atom stereocenters. The quantitative estimate of drug-likeness (QED) is 0.174. The van der Waals surface area contributed by atoms with Crippen molar-refractivity contribution in [3.63, 3.8) is 0 Å². The number of pyridine rings is 2. The predicted octanol–water partition coefficient (Wildman–Crippen LogP) is 13.7. The highest BCUT2D eigenvalue weighted by molar-refractivity contribution is 6.11. The molecule has 4 aromatic heterocycles. The van der Waals surface area contributed by atoms with Gasteiger partial charge in [-0.1, -0.05) is 90.1 Å². The van der Waals surface area contributed by atoms with Gasteiger partial charge in [-0.15, -0.1) is 0 Å². The van der Waals surface area contributed by atoms with E-state index in [9.17, 15) is 0 Å². The summed E-state index contributed by atoms with van der Waals surface area (Å²) in [6.07, 6.45) is 3.80. The second kappa shape index (κ2) is 13.0. The topological polar surface area (TPSA) is 59.6 Å². The van der Waals surface area contributed by atoms with Crippen LogP contribution in [0.1, 0.15) is 63.8 Å². The number of nitrogens with zero attached hydrogens (tertiary/aromatic N) is 5. The van der Waals surface area contributed by atoms with Gasteiger partial charge in [-0.05, 0) is 102 Å². The Morgan fingerprint density at radius 3 is 2.07 bits per heavy atom. The molecule has 1 aliphatic rings. The first-order valence-corrected chi connectivity index (χ1v) is 20.1. The van der Waals surface area contributed by atoms with E-state index in [1.54, 1.807) is 0 Å². The number of fused-ring (bicyclic) bond motifs is 7. The molecular formula is C51H47N5O2. The summed E-state index contributed by atoms with van der Waals surface area (Å²) >= 11 is 0. The van der Waals surface area contributed by atoms with Gasteiger partial charge < -0.3 is 19.0 Å². The molecule has 0 saturated heterocycles. The molecule has 0 spiro atoms. The van der Waals surface area contributed by atoms with Gasteiger partial charge in [0.25, 0.3) is 0 Å². The summed E-state index contributed by atoms with van der Waals surface area (Å²) in [4.78, 5) is 14.5. The van der Waals surface area contributed by atoms with Gasteiger partial charge in [-0.2, -0.15) is 0 Å². The Morgan fingerprint density at radius 1 is 0.569 bits per heavy atom. The zero-order chi connectivity index (χ0) is 40.1. The van der Waals surface area contributed by atoms with E-state index in [4.69, 9.17) is 19.1 Å². The Bertz CT molecular complexity index is 3060. The van der Waals surface area contributed by atoms with E-state index in [-0.39, 0.29) is 10.8 Å². The molecule has 0 N–H and O–H groups in total. The lowest BCUT2D eigenvalue weighted by molar-refractivity contribution is 0.484. The van der Waals surface area contributed by atoms with Crippen LogP contribution in [0.2, 0.25) is 0 Å². The van der Waals surface area contributed by atoms with Crippen molar-refractivity contribution in [3.05, 3.63) is 150 Å². The smallest absolute Gasteiger partial charge is 0.159 e. The first-order valence-electron chi connectivity index (χ1n) is 20.1. The van der Waals surface area contributed by atoms with Crippen LogP contribution in [-0.2, 0) is 10.8 Å². The number of para-hydroxylation sites is 2. The Balaban J connectivity index is 1.12. The number of hydrogen-bond donors (Lipinski definition) is 0. The van der Waals surface area contributed by atoms with Crippen LogP contribution in [0, 0.1) is 13.8 Å². The molecular weight excluding hydrogens is 715 g/mol. The predicted molar refractivity (Wildman–Crippen MR) is 239 cm³/mol. The van der Waals surface area contributed by atoms with Gasteiger partial charge in [-0.3, -0.25) is 4.57 Å². The number of ether oxygens (including phenoxy) is 1. The average Bonchev–Trinajstić information content (AvgIpc) is 3.87. The largest absolute Gasteiger partial charge is 0.457 e. The maximum Gasteiger partial charge on any atom is 0.159 e. The van der Waals surface area contributed by atoms with E-state index in [0.29, 0.717) is 6.67 Å². The summed E-state index contributed by atoms with van der Waals surface area (Å²) in [6.45, 7) is 18.5. The molecule has 0 radical (unpaired) electrons. The molecule has 0 unspecified atom stereocenters. The molecule has 7 heteroatoms. The molecule has 9 aromatic rings. The number of rotatable bonds is 5. The third kappa shape index (κ3) is 5.79. The van der Waals surface area contributed by atoms with Gasteiger partial charge in [-0.25, -0.2) is 9.97 Å². The van der Waals surface area contributed by atoms with Crippen LogP contribution in [-0.4, -0.2) is 21.2 Å². The van der Waals surface area contributed by atoms with Gasteiger partial charge in [0.05, 0.1) is 28.1 Å². The molecule has 0 aliphatic carbocycles. The summed E-state index contributed by atoms with van der Waals surface area (Å²) in [7, 11) is 0. The van der Waals surface area contributed by atoms with E-state index in [2.05, 4.69) is 167 Å². The van der Waals surface area contributed by atoms with E-state index >= 15 is 0 Å². The fourth-order valence-corrected chi connectivity index (χ4v) is 8.74. The molecule has 1 aliphatic heterocycles. The number of aromatic nitrogens is 3. The van der Waals surface area contributed by atoms with Crippen LogP contribution in [0.15, 0.2) is 132 Å². The molecule has 0 bridgehead atoms. The van der Waals surface area contributed by atoms with Crippen molar-refractivity contribution >= 4 is 66.6 Å². The van der Waals surface area contributed by atoms with Crippen LogP contribution in [0.4, 0.5) is 22.9 Å². The number of anilines is 4. The van der Waals surface area contributed by atoms with Crippen molar-refractivity contribution in [1.82, 2.24) is 14.5 Å². The van der Waals surface area contributed by atoms with Gasteiger partial charge in [0, 0.05) is 46.1 Å². The van der Waals surface area contributed by atoms with Gasteiger partial charge >= 0.3 is 0 Å². The van der Waals surface area contributed by atoms with Gasteiger partial charge in [0.2, 0.25) is 0 Å². The van der Waals surface area contributed by atoms with Crippen molar-refractivity contribution in [2.75, 3.05) is 16.5 Å². The summed E-state index contributed by atoms with van der Waals surface area (Å²) < 4.78 is 15.9. The second-order valence-corrected chi connectivity index (χ2v) is 17.8. The first-order chi connectivity index (χ1) is 27.8. The monoisotopic (exact) mass is 761 g/mol. The molecule has 10 rings (SSSR count). The van der Waals surface area contributed by atoms with Crippen LogP contribution in [0.25, 0.3) is 49.6 Å². The van der Waals surface area contributed by atoms with E-state index in [0.717, 1.165) is 72.9 Å². The highest BCUT2D eigenvalue weighted by Crippen LogP contribution is 2.49. The summed E-state index contributed by atoms with van der Waals surface area (Å²) in [6, 6.07) is 40.5. The van der Waals surface area contributed by atoms with E-state index in [1.165, 1.54) is 33.3 Å². The zero-order valence-corrected chi connectivity index (χ0v) is 34.4. The minimum Gasteiger partial charge on any atom is -0.457 e. The maximum atomic E-state index is 6.93. The molecule has 0 fully saturated rings. The Morgan fingerprint density at radius 2 is 1.29 bits per heavy atom. The highest BCUT2D eigenvalue weighted by Gasteiger charge is 2.34. The third-order valence-electron chi connectivity index (χ3n) is 11.7. The molecule has 5 aromatic carbocycles. The molecule has 0 saturated carbocycles. The van der Waals surface area contributed by atoms with Crippen LogP contribution in [0.3, 0.4) is 0 Å². The number of benzene rings is 5. The lowest BCUT2D eigenvalue weighted by Crippen LogP contribution is -2.26. The summed E-state index contributed by atoms with van der Waals surface area (Å²) in [5.41, 5.74) is 11.9. The minimum atomic E-state index is -0.0180. The zero-order valence-electron chi connectivity index (χ0n) is 34.4. The Hall–Kier alpha value is -6.60. The van der Waals surface area contributed by atoms with Crippen molar-refractivity contribution in [3.8, 4) is 17.3 Å². The van der Waals surface area contributed by atoms with Crippen molar-refractivity contribution < 1.29 is 9.15 Å². The fraction of sp³-hybridized carbons (Fsp3) is 0.216. The molecule has 7 nitrogen and oxygen atoms in total. The lowest BCUT2D eigenvalue weighted by atomic mass is 9.84. The minimum absolute atomic E-state index is 0.0180. The Labute approximate surface area is 339 Å². The van der Waals surface area contributed by atoms with Gasteiger partial charge in [0.1, 0.15) is 29.6 Å². The first kappa shape index (κ1) is 35.8. The molecule has 0 amide bonds. The van der Waals surface area contributed by atoms with Gasteiger partial charge in [0.15, 0.2) is 11.4 Å². The standard InChI is InChI=1S/C51H47N5O2/c1-31-24-34(51(6,7)8)25-32(2)47(31)55-30-54(42-17-13-22-53-49(42)55)44-29-36(27-40-39-15-10-12-18-45(39)58-48(40)44)57-35-19-20-38-37-14-9-11-16-41(37)56(43(38)28-35)46-26-33(21-23-52-46)50(3,4)5/h9-29H,30H2,1-8H3. The maximum absolute atomic E-state index is 6.93. The second-order valence-electron chi connectivity index (χ2n) is 17.8. The molecule has 5 heterocycles. The van der Waals surface area contributed by atoms with Crippen molar-refractivity contribution in [1.29, 1.82) is 0 Å². The summed E-state index contributed by atoms with van der Waals surface area (Å²) in [5, 5.41) is 4.35. The Kier molecular flexibility index (Phi) is 8.00. The van der Waals surface area contributed by atoms with Crippen LogP contribution >= 0.6 is 0 Å². The van der Waals surface area contributed by atoms with E-state index in [1.807, 2.05) is 30.6 Å². The van der Waals surface area contributed by atoms with Crippen LogP contribution < -0.4 is 14.5 Å². The number of furan rings is 1. The number of hydrogen-bond acceptors (Lipinski definition) is 6. The fourth-order valence-electron chi connectivity index (χ4n) is 8.74. The molecule has 58 heavy (non-hydrogen) atoms. The highest BCUT2D eigenvalue weighted by atomic mass is 16.5. The number of aryl methyl sites for hydroxylation is 2. The van der Waals surface area contributed by atoms with Crippen molar-refractivity contribution in [2.24, 2.45) is 0 Å². The summed E-state index contributed by atoms with van der Waals surface area (Å²) in [5.74, 6) is 3.25. The normalized spacial score (nSPS) is 13.4. The van der Waals surface area contributed by atoms with Crippen molar-refractivity contribution in [2.45, 2.75) is 66.2 Å². The SMILES string of the molecule is Cc1cc(C(C)(C)C)cc(C)c1N1CN(c2cc(Oc3ccc4c5ccccc5n(-c5cc(C(C)(C)C)ccn5)c4c3)cc3c2oc2ccccc23)c2cccnc21. The lowest BCUT2D eigenvalue weighted by Gasteiger charge is -2.27. The molecule has 288 valence electrons. The third-order valence-corrected chi connectivity index (χ3v) is 11.7. The van der Waals surface area contributed by atoms with Crippen LogP contribution in [0.5, 0.6) is 11.5 Å². The van der Waals surface area contributed by atoms with E-state index < -0.39 is 0 Å².